The molecule has 4 aromatic rings. The minimum Gasteiger partial charge on any atom is -0.508 e. The van der Waals surface area contributed by atoms with E-state index in [-0.39, 0.29) is 18.3 Å². The molecule has 9 nitrogen and oxygen atoms in total. The summed E-state index contributed by atoms with van der Waals surface area (Å²) < 4.78 is 5.59. The molecule has 0 radical (unpaired) electrons. The predicted octanol–water partition coefficient (Wildman–Crippen LogP) is 2.31. The van der Waals surface area contributed by atoms with Crippen molar-refractivity contribution in [3.63, 3.8) is 0 Å². The molecule has 0 atom stereocenters. The fourth-order valence-electron chi connectivity index (χ4n) is 2.60. The van der Waals surface area contributed by atoms with E-state index in [0.717, 1.165) is 16.5 Å². The summed E-state index contributed by atoms with van der Waals surface area (Å²) in [6.07, 6.45) is 3.14. The largest absolute Gasteiger partial charge is 0.508 e. The van der Waals surface area contributed by atoms with Gasteiger partial charge in [0.05, 0.1) is 11.7 Å². The lowest BCUT2D eigenvalue weighted by atomic mass is 10.2. The van der Waals surface area contributed by atoms with Crippen LogP contribution in [-0.4, -0.2) is 37.8 Å². The van der Waals surface area contributed by atoms with Gasteiger partial charge in [-0.2, -0.15) is 0 Å². The number of pyridine rings is 1. The molecule has 0 saturated carbocycles. The Balaban J connectivity index is 1.32. The maximum absolute atomic E-state index is 12.0. The fourth-order valence-corrected chi connectivity index (χ4v) is 2.60. The van der Waals surface area contributed by atoms with Crippen LogP contribution in [0.15, 0.2) is 67.0 Å². The number of hydrogen-bond donors (Lipinski definition) is 3. The molecule has 29 heavy (non-hydrogen) atoms. The third-order valence-electron chi connectivity index (χ3n) is 4.01. The third kappa shape index (κ3) is 4.35. The van der Waals surface area contributed by atoms with E-state index in [1.54, 1.807) is 36.5 Å². The first kappa shape index (κ1) is 18.1. The molecule has 3 N–H and O–H groups in total. The Morgan fingerprint density at radius 1 is 1.00 bits per heavy atom. The average molecular weight is 388 g/mol. The summed E-state index contributed by atoms with van der Waals surface area (Å²) in [5, 5.41) is 18.1. The van der Waals surface area contributed by atoms with Gasteiger partial charge in [0.1, 0.15) is 17.2 Å². The van der Waals surface area contributed by atoms with E-state index in [4.69, 9.17) is 4.74 Å². The molecule has 2 heterocycles. The predicted molar refractivity (Wildman–Crippen MR) is 106 cm³/mol. The highest BCUT2D eigenvalue weighted by atomic mass is 16.5. The van der Waals surface area contributed by atoms with Gasteiger partial charge in [0, 0.05) is 17.1 Å². The second-order valence-corrected chi connectivity index (χ2v) is 6.00. The van der Waals surface area contributed by atoms with Crippen LogP contribution in [0.25, 0.3) is 22.2 Å². The molecular weight excluding hydrogens is 372 g/mol. The summed E-state index contributed by atoms with van der Waals surface area (Å²) in [7, 11) is 0. The van der Waals surface area contributed by atoms with E-state index in [9.17, 15) is 9.90 Å². The second kappa shape index (κ2) is 8.17. The van der Waals surface area contributed by atoms with Crippen molar-refractivity contribution in [2.24, 2.45) is 0 Å². The van der Waals surface area contributed by atoms with Crippen molar-refractivity contribution in [2.45, 2.75) is 0 Å². The minimum absolute atomic E-state index is 0.134. The van der Waals surface area contributed by atoms with Crippen molar-refractivity contribution < 1.29 is 14.6 Å². The number of aromatic nitrogens is 4. The Morgan fingerprint density at radius 2 is 1.83 bits per heavy atom. The van der Waals surface area contributed by atoms with E-state index in [1.807, 2.05) is 24.3 Å². The Kier molecular flexibility index (Phi) is 5.10. The standard InChI is InChI=1S/C20H16N6O3/c27-14-7-5-13(6-8-14)17-11-22-20(25-23-17)26-24-19(28)12-29-18-9-10-21-16-4-2-1-3-15(16)18/h1-11,27H,12H2,(H,24,28)(H,22,25,26). The lowest BCUT2D eigenvalue weighted by molar-refractivity contribution is -0.122. The summed E-state index contributed by atoms with van der Waals surface area (Å²) >= 11 is 0. The van der Waals surface area contributed by atoms with Gasteiger partial charge in [0.2, 0.25) is 0 Å². The number of rotatable bonds is 6. The maximum atomic E-state index is 12.0. The zero-order valence-corrected chi connectivity index (χ0v) is 15.1. The van der Waals surface area contributed by atoms with Crippen molar-refractivity contribution in [1.29, 1.82) is 0 Å². The first-order valence-electron chi connectivity index (χ1n) is 8.69. The van der Waals surface area contributed by atoms with Gasteiger partial charge in [-0.15, -0.1) is 10.2 Å². The molecular formula is C20H16N6O3. The van der Waals surface area contributed by atoms with Crippen molar-refractivity contribution in [3.05, 3.63) is 67.0 Å². The van der Waals surface area contributed by atoms with Crippen LogP contribution in [-0.2, 0) is 4.79 Å². The van der Waals surface area contributed by atoms with Crippen LogP contribution < -0.4 is 15.6 Å². The first-order chi connectivity index (χ1) is 14.2. The zero-order chi connectivity index (χ0) is 20.1. The summed E-state index contributed by atoms with van der Waals surface area (Å²) in [5.41, 5.74) is 7.13. The quantitative estimate of drug-likeness (QED) is 0.430. The van der Waals surface area contributed by atoms with Crippen LogP contribution in [0.2, 0.25) is 0 Å². The Morgan fingerprint density at radius 3 is 2.62 bits per heavy atom. The average Bonchev–Trinajstić information content (AvgIpc) is 2.77. The molecule has 0 aliphatic rings. The number of amides is 1. The van der Waals surface area contributed by atoms with Gasteiger partial charge in [-0.25, -0.2) is 4.98 Å². The molecule has 9 heteroatoms. The number of anilines is 1. The zero-order valence-electron chi connectivity index (χ0n) is 15.1. The fraction of sp³-hybridized carbons (Fsp3) is 0.0500. The number of carbonyl (C=O) groups excluding carboxylic acids is 1. The highest BCUT2D eigenvalue weighted by Gasteiger charge is 2.07. The monoisotopic (exact) mass is 388 g/mol. The summed E-state index contributed by atoms with van der Waals surface area (Å²) in [4.78, 5) is 20.4. The molecule has 0 spiro atoms. The number of nitrogens with zero attached hydrogens (tertiary/aromatic N) is 4. The van der Waals surface area contributed by atoms with Crippen LogP contribution in [0, 0.1) is 0 Å². The molecule has 2 aromatic heterocycles. The van der Waals surface area contributed by atoms with Gasteiger partial charge in [-0.05, 0) is 42.5 Å². The molecule has 0 saturated heterocycles. The van der Waals surface area contributed by atoms with Crippen molar-refractivity contribution in [3.8, 4) is 22.8 Å². The van der Waals surface area contributed by atoms with Crippen molar-refractivity contribution in [2.75, 3.05) is 12.0 Å². The number of carbonyl (C=O) groups is 1. The molecule has 0 unspecified atom stereocenters. The molecule has 0 fully saturated rings. The van der Waals surface area contributed by atoms with Crippen LogP contribution in [0.1, 0.15) is 0 Å². The minimum atomic E-state index is -0.405. The van der Waals surface area contributed by atoms with Gasteiger partial charge in [-0.1, -0.05) is 12.1 Å². The Labute approximate surface area is 165 Å². The van der Waals surface area contributed by atoms with Crippen LogP contribution in [0.3, 0.4) is 0 Å². The highest BCUT2D eigenvalue weighted by molar-refractivity contribution is 5.85. The van der Waals surface area contributed by atoms with Gasteiger partial charge in [0.15, 0.2) is 6.61 Å². The number of phenolic OH excluding ortho intramolecular Hbond substituents is 1. The normalized spacial score (nSPS) is 10.5. The number of para-hydroxylation sites is 1. The summed E-state index contributed by atoms with van der Waals surface area (Å²) in [6, 6.07) is 15.7. The Hall–Kier alpha value is -4.27. The number of nitrogens with one attached hydrogen (secondary N) is 2. The number of fused-ring (bicyclic) bond motifs is 1. The summed E-state index contributed by atoms with van der Waals surface area (Å²) in [5.74, 6) is 0.465. The number of phenols is 1. The molecule has 1 amide bonds. The lowest BCUT2D eigenvalue weighted by Crippen LogP contribution is -2.34. The van der Waals surface area contributed by atoms with E-state index in [2.05, 4.69) is 31.0 Å². The summed E-state index contributed by atoms with van der Waals surface area (Å²) in [6.45, 7) is -0.194. The van der Waals surface area contributed by atoms with Crippen molar-refractivity contribution >= 4 is 22.8 Å². The molecule has 4 rings (SSSR count). The maximum Gasteiger partial charge on any atom is 0.276 e. The van der Waals surface area contributed by atoms with E-state index >= 15 is 0 Å². The van der Waals surface area contributed by atoms with Crippen molar-refractivity contribution in [1.82, 2.24) is 25.6 Å². The molecule has 0 aliphatic heterocycles. The number of hydrogen-bond acceptors (Lipinski definition) is 8. The highest BCUT2D eigenvalue weighted by Crippen LogP contribution is 2.23. The van der Waals surface area contributed by atoms with Gasteiger partial charge in [0.25, 0.3) is 11.9 Å². The number of hydrazine groups is 1. The number of aromatic hydroxyl groups is 1. The van der Waals surface area contributed by atoms with Gasteiger partial charge >= 0.3 is 0 Å². The Bertz CT molecular complexity index is 1130. The molecule has 0 aliphatic carbocycles. The first-order valence-corrected chi connectivity index (χ1v) is 8.69. The van der Waals surface area contributed by atoms with Crippen LogP contribution in [0.4, 0.5) is 5.95 Å². The number of benzene rings is 2. The number of ether oxygens (including phenoxy) is 1. The topological polar surface area (TPSA) is 122 Å². The smallest absolute Gasteiger partial charge is 0.276 e. The third-order valence-corrected chi connectivity index (χ3v) is 4.01. The van der Waals surface area contributed by atoms with E-state index in [0.29, 0.717) is 11.4 Å². The van der Waals surface area contributed by atoms with Crippen LogP contribution in [0.5, 0.6) is 11.5 Å². The molecule has 144 valence electrons. The van der Waals surface area contributed by atoms with Gasteiger partial charge in [-0.3, -0.25) is 20.6 Å². The van der Waals surface area contributed by atoms with Gasteiger partial charge < -0.3 is 9.84 Å². The molecule has 0 bridgehead atoms. The second-order valence-electron chi connectivity index (χ2n) is 6.00. The van der Waals surface area contributed by atoms with E-state index in [1.165, 1.54) is 6.20 Å². The molecule has 2 aromatic carbocycles. The van der Waals surface area contributed by atoms with E-state index < -0.39 is 5.91 Å². The van der Waals surface area contributed by atoms with Crippen LogP contribution >= 0.6 is 0 Å². The SMILES string of the molecule is O=C(COc1ccnc2ccccc12)NNc1ncc(-c2ccc(O)cc2)nn1. The lowest BCUT2D eigenvalue weighted by Gasteiger charge is -2.10.